The highest BCUT2D eigenvalue weighted by atomic mass is 16.5. The molecule has 2 rings (SSSR count). The van der Waals surface area contributed by atoms with Gasteiger partial charge in [-0.25, -0.2) is 0 Å². The highest BCUT2D eigenvalue weighted by molar-refractivity contribution is 5.54. The van der Waals surface area contributed by atoms with Crippen LogP contribution in [0.1, 0.15) is 30.4 Å². The molecule has 0 aliphatic heterocycles. The van der Waals surface area contributed by atoms with Crippen LogP contribution in [-0.2, 0) is 5.54 Å². The molecule has 0 bridgehead atoms. The average Bonchev–Trinajstić information content (AvgIpc) is 2.25. The third-order valence-corrected chi connectivity index (χ3v) is 3.50. The normalized spacial score (nSPS) is 17.8. The predicted octanol–water partition coefficient (Wildman–Crippen LogP) is 2.35. The lowest BCUT2D eigenvalue weighted by Gasteiger charge is -2.39. The molecule has 0 atom stereocenters. The highest BCUT2D eigenvalue weighted by Crippen LogP contribution is 2.46. The molecule has 1 saturated carbocycles. The predicted molar refractivity (Wildman–Crippen MR) is 64.0 cm³/mol. The second kappa shape index (κ2) is 3.98. The van der Waals surface area contributed by atoms with Crippen molar-refractivity contribution in [3.8, 4) is 11.5 Å². The van der Waals surface area contributed by atoms with Gasteiger partial charge in [0.25, 0.3) is 0 Å². The third-order valence-electron chi connectivity index (χ3n) is 3.50. The minimum atomic E-state index is -0.216. The van der Waals surface area contributed by atoms with Gasteiger partial charge in [0, 0.05) is 11.1 Å². The molecular formula is C13H19NO2. The molecule has 0 amide bonds. The van der Waals surface area contributed by atoms with Gasteiger partial charge in [0.1, 0.15) is 0 Å². The number of nitrogens with two attached hydrogens (primary N) is 1. The summed E-state index contributed by atoms with van der Waals surface area (Å²) in [7, 11) is 3.33. The van der Waals surface area contributed by atoms with E-state index in [9.17, 15) is 0 Å². The lowest BCUT2D eigenvalue weighted by molar-refractivity contribution is 0.240. The Hall–Kier alpha value is -1.22. The van der Waals surface area contributed by atoms with E-state index < -0.39 is 0 Å². The van der Waals surface area contributed by atoms with Crippen molar-refractivity contribution in [1.29, 1.82) is 0 Å². The van der Waals surface area contributed by atoms with Crippen molar-refractivity contribution in [3.05, 3.63) is 23.3 Å². The van der Waals surface area contributed by atoms with Gasteiger partial charge < -0.3 is 15.2 Å². The number of rotatable bonds is 3. The molecular weight excluding hydrogens is 202 g/mol. The molecule has 0 saturated heterocycles. The zero-order valence-corrected chi connectivity index (χ0v) is 10.2. The smallest absolute Gasteiger partial charge is 0.166 e. The Morgan fingerprint density at radius 3 is 2.19 bits per heavy atom. The van der Waals surface area contributed by atoms with Gasteiger partial charge in [-0.05, 0) is 31.7 Å². The van der Waals surface area contributed by atoms with Crippen LogP contribution in [0.5, 0.6) is 11.5 Å². The van der Waals surface area contributed by atoms with Gasteiger partial charge in [0.15, 0.2) is 11.5 Å². The van der Waals surface area contributed by atoms with Crippen molar-refractivity contribution in [2.45, 2.75) is 31.7 Å². The van der Waals surface area contributed by atoms with Crippen LogP contribution in [0.4, 0.5) is 0 Å². The number of ether oxygens (including phenoxy) is 2. The van der Waals surface area contributed by atoms with Crippen molar-refractivity contribution in [1.82, 2.24) is 0 Å². The van der Waals surface area contributed by atoms with Crippen molar-refractivity contribution in [2.24, 2.45) is 5.73 Å². The first-order valence-electron chi connectivity index (χ1n) is 5.63. The first-order valence-corrected chi connectivity index (χ1v) is 5.63. The molecule has 2 N–H and O–H groups in total. The molecule has 0 heterocycles. The number of methoxy groups -OCH3 is 2. The Morgan fingerprint density at radius 1 is 1.12 bits per heavy atom. The van der Waals surface area contributed by atoms with Crippen LogP contribution in [0, 0.1) is 6.92 Å². The largest absolute Gasteiger partial charge is 0.493 e. The third kappa shape index (κ3) is 1.55. The van der Waals surface area contributed by atoms with Gasteiger partial charge in [-0.1, -0.05) is 12.1 Å². The lowest BCUT2D eigenvalue weighted by atomic mass is 9.72. The van der Waals surface area contributed by atoms with E-state index in [0.29, 0.717) is 0 Å². The van der Waals surface area contributed by atoms with Crippen LogP contribution in [0.3, 0.4) is 0 Å². The molecule has 1 aromatic carbocycles. The summed E-state index contributed by atoms with van der Waals surface area (Å²) in [5, 5.41) is 0. The number of hydrogen-bond acceptors (Lipinski definition) is 3. The molecule has 0 unspecified atom stereocenters. The Bertz CT molecular complexity index is 397. The summed E-state index contributed by atoms with van der Waals surface area (Å²) in [5.41, 5.74) is 8.27. The second-order valence-electron chi connectivity index (χ2n) is 4.51. The first-order chi connectivity index (χ1) is 7.62. The molecule has 0 radical (unpaired) electrons. The number of benzene rings is 1. The molecule has 16 heavy (non-hydrogen) atoms. The molecule has 1 aliphatic carbocycles. The first kappa shape index (κ1) is 11.3. The van der Waals surface area contributed by atoms with Gasteiger partial charge in [-0.3, -0.25) is 0 Å². The van der Waals surface area contributed by atoms with E-state index in [0.717, 1.165) is 35.5 Å². The minimum absolute atomic E-state index is 0.216. The maximum atomic E-state index is 6.34. The Labute approximate surface area is 96.5 Å². The Morgan fingerprint density at radius 2 is 1.75 bits per heavy atom. The number of aryl methyl sites for hydroxylation is 1. The molecule has 0 aromatic heterocycles. The van der Waals surface area contributed by atoms with E-state index in [1.54, 1.807) is 14.2 Å². The zero-order valence-electron chi connectivity index (χ0n) is 10.2. The quantitative estimate of drug-likeness (QED) is 0.852. The van der Waals surface area contributed by atoms with Gasteiger partial charge >= 0.3 is 0 Å². The van der Waals surface area contributed by atoms with Gasteiger partial charge in [0.2, 0.25) is 0 Å². The standard InChI is InChI=1S/C13H19NO2/c1-9-5-6-10(13(14)7-4-8-13)12(16-3)11(9)15-2/h5-6H,4,7-8,14H2,1-3H3. The van der Waals surface area contributed by atoms with Crippen molar-refractivity contribution >= 4 is 0 Å². The summed E-state index contributed by atoms with van der Waals surface area (Å²) in [6.45, 7) is 2.01. The topological polar surface area (TPSA) is 44.5 Å². The van der Waals surface area contributed by atoms with Gasteiger partial charge in [0.05, 0.1) is 14.2 Å². The molecule has 3 heteroatoms. The summed E-state index contributed by atoms with van der Waals surface area (Å²) < 4.78 is 10.9. The molecule has 1 aromatic rings. The Balaban J connectivity index is 2.53. The summed E-state index contributed by atoms with van der Waals surface area (Å²) in [5.74, 6) is 1.60. The fraction of sp³-hybridized carbons (Fsp3) is 0.538. The molecule has 0 spiro atoms. The summed E-state index contributed by atoms with van der Waals surface area (Å²) in [6, 6.07) is 4.11. The average molecular weight is 221 g/mol. The van der Waals surface area contributed by atoms with E-state index in [1.807, 2.05) is 13.0 Å². The maximum absolute atomic E-state index is 6.34. The van der Waals surface area contributed by atoms with Crippen LogP contribution in [0.15, 0.2) is 12.1 Å². The second-order valence-corrected chi connectivity index (χ2v) is 4.51. The molecule has 3 nitrogen and oxygen atoms in total. The van der Waals surface area contributed by atoms with E-state index in [2.05, 4.69) is 6.07 Å². The lowest BCUT2D eigenvalue weighted by Crippen LogP contribution is -2.43. The monoisotopic (exact) mass is 221 g/mol. The van der Waals surface area contributed by atoms with E-state index in [4.69, 9.17) is 15.2 Å². The summed E-state index contributed by atoms with van der Waals surface area (Å²) >= 11 is 0. The van der Waals surface area contributed by atoms with Crippen molar-refractivity contribution in [3.63, 3.8) is 0 Å². The SMILES string of the molecule is COc1c(C)ccc(C2(N)CCC2)c1OC. The Kier molecular flexibility index (Phi) is 2.80. The van der Waals surface area contributed by atoms with Crippen molar-refractivity contribution in [2.75, 3.05) is 14.2 Å². The van der Waals surface area contributed by atoms with Crippen LogP contribution in [0.2, 0.25) is 0 Å². The molecule has 88 valence electrons. The molecule has 1 aliphatic rings. The fourth-order valence-electron chi connectivity index (χ4n) is 2.34. The van der Waals surface area contributed by atoms with Gasteiger partial charge in [-0.2, -0.15) is 0 Å². The van der Waals surface area contributed by atoms with E-state index in [1.165, 1.54) is 6.42 Å². The minimum Gasteiger partial charge on any atom is -0.493 e. The maximum Gasteiger partial charge on any atom is 0.166 e. The molecule has 1 fully saturated rings. The van der Waals surface area contributed by atoms with Crippen LogP contribution < -0.4 is 15.2 Å². The van der Waals surface area contributed by atoms with Crippen LogP contribution >= 0.6 is 0 Å². The van der Waals surface area contributed by atoms with Gasteiger partial charge in [-0.15, -0.1) is 0 Å². The van der Waals surface area contributed by atoms with Crippen LogP contribution in [0.25, 0.3) is 0 Å². The zero-order chi connectivity index (χ0) is 11.8. The van der Waals surface area contributed by atoms with E-state index >= 15 is 0 Å². The fourth-order valence-corrected chi connectivity index (χ4v) is 2.34. The van der Waals surface area contributed by atoms with E-state index in [-0.39, 0.29) is 5.54 Å². The van der Waals surface area contributed by atoms with Crippen LogP contribution in [-0.4, -0.2) is 14.2 Å². The number of hydrogen-bond donors (Lipinski definition) is 1. The highest BCUT2D eigenvalue weighted by Gasteiger charge is 2.37. The summed E-state index contributed by atoms with van der Waals surface area (Å²) in [4.78, 5) is 0. The summed E-state index contributed by atoms with van der Waals surface area (Å²) in [6.07, 6.45) is 3.24. The van der Waals surface area contributed by atoms with Crippen molar-refractivity contribution < 1.29 is 9.47 Å².